The van der Waals surface area contributed by atoms with E-state index in [4.69, 9.17) is 0 Å². The molecule has 0 spiro atoms. The van der Waals surface area contributed by atoms with Crippen molar-refractivity contribution < 1.29 is 13.6 Å². The lowest BCUT2D eigenvalue weighted by Gasteiger charge is -2.36. The molecule has 2 aromatic rings. The fraction of sp³-hybridized carbons (Fsp3) is 0.421. The lowest BCUT2D eigenvalue weighted by molar-refractivity contribution is 0.0740. The Bertz CT molecular complexity index is 890. The normalized spacial score (nSPS) is 14.7. The Labute approximate surface area is 155 Å². The molecule has 3 rings (SSSR count). The fourth-order valence-corrected chi connectivity index (χ4v) is 3.22. The van der Waals surface area contributed by atoms with Gasteiger partial charge in [0.25, 0.3) is 5.91 Å². The summed E-state index contributed by atoms with van der Waals surface area (Å²) in [5.41, 5.74) is 0.580. The first-order valence-corrected chi connectivity index (χ1v) is 8.93. The van der Waals surface area contributed by atoms with Gasteiger partial charge in [0, 0.05) is 37.9 Å². The van der Waals surface area contributed by atoms with Crippen LogP contribution in [0, 0.1) is 17.6 Å². The Morgan fingerprint density at radius 2 is 1.89 bits per heavy atom. The number of benzene rings is 1. The number of nitrogens with zero attached hydrogens (tertiary/aromatic N) is 3. The zero-order valence-electron chi connectivity index (χ0n) is 15.3. The smallest absolute Gasteiger partial charge is 0.345 e. The number of rotatable bonds is 4. The summed E-state index contributed by atoms with van der Waals surface area (Å²) in [4.78, 5) is 34.3. The summed E-state index contributed by atoms with van der Waals surface area (Å²) in [6.45, 7) is 5.60. The van der Waals surface area contributed by atoms with Gasteiger partial charge in [0.2, 0.25) is 0 Å². The van der Waals surface area contributed by atoms with Crippen molar-refractivity contribution >= 4 is 11.6 Å². The first-order chi connectivity index (χ1) is 12.8. The average molecular weight is 376 g/mol. The Kier molecular flexibility index (Phi) is 5.53. The molecule has 0 aliphatic carbocycles. The maximum atomic E-state index is 13.9. The molecule has 1 fully saturated rings. The zero-order valence-corrected chi connectivity index (χ0v) is 15.3. The van der Waals surface area contributed by atoms with Gasteiger partial charge in [-0.25, -0.2) is 13.6 Å². The first kappa shape index (κ1) is 19.0. The molecule has 1 saturated heterocycles. The molecule has 1 N–H and O–H groups in total. The van der Waals surface area contributed by atoms with Crippen molar-refractivity contribution in [2.24, 2.45) is 5.92 Å². The van der Waals surface area contributed by atoms with E-state index in [9.17, 15) is 18.4 Å². The molecule has 1 aliphatic heterocycles. The van der Waals surface area contributed by atoms with E-state index < -0.39 is 17.3 Å². The minimum Gasteiger partial charge on any atom is -0.366 e. The van der Waals surface area contributed by atoms with Gasteiger partial charge in [0.05, 0.1) is 5.69 Å². The summed E-state index contributed by atoms with van der Waals surface area (Å²) in [6.07, 6.45) is 0.648. The van der Waals surface area contributed by atoms with E-state index in [-0.39, 0.29) is 11.6 Å². The third-order valence-corrected chi connectivity index (χ3v) is 4.47. The van der Waals surface area contributed by atoms with E-state index in [2.05, 4.69) is 9.97 Å². The van der Waals surface area contributed by atoms with Crippen molar-refractivity contribution in [3.05, 3.63) is 57.8 Å². The van der Waals surface area contributed by atoms with Crippen molar-refractivity contribution in [2.45, 2.75) is 20.3 Å². The number of H-pyrrole nitrogens is 1. The minimum atomic E-state index is -0.623. The summed E-state index contributed by atoms with van der Waals surface area (Å²) in [5, 5.41) is 0. The van der Waals surface area contributed by atoms with Gasteiger partial charge >= 0.3 is 5.69 Å². The SMILES string of the molecule is CC(C)Cc1cc(C(=O)N2CCN(c3ccc(F)cc3F)CC2)nc(=O)[nH]1. The van der Waals surface area contributed by atoms with E-state index in [1.807, 2.05) is 13.8 Å². The maximum Gasteiger partial charge on any atom is 0.345 e. The minimum absolute atomic E-state index is 0.121. The number of hydrogen-bond acceptors (Lipinski definition) is 4. The third kappa shape index (κ3) is 4.50. The van der Waals surface area contributed by atoms with Crippen LogP contribution < -0.4 is 10.6 Å². The highest BCUT2D eigenvalue weighted by atomic mass is 19.1. The van der Waals surface area contributed by atoms with Crippen LogP contribution in [-0.4, -0.2) is 47.0 Å². The van der Waals surface area contributed by atoms with E-state index >= 15 is 0 Å². The van der Waals surface area contributed by atoms with Crippen LogP contribution in [0.1, 0.15) is 30.0 Å². The van der Waals surface area contributed by atoms with Gasteiger partial charge in [0.1, 0.15) is 17.3 Å². The average Bonchev–Trinajstić information content (AvgIpc) is 2.60. The van der Waals surface area contributed by atoms with Crippen molar-refractivity contribution in [3.63, 3.8) is 0 Å². The van der Waals surface area contributed by atoms with Crippen LogP contribution in [0.3, 0.4) is 0 Å². The number of hydrogen-bond donors (Lipinski definition) is 1. The number of aromatic nitrogens is 2. The molecule has 6 nitrogen and oxygen atoms in total. The molecular formula is C19H22F2N4O2. The van der Waals surface area contributed by atoms with Crippen LogP contribution in [0.25, 0.3) is 0 Å². The van der Waals surface area contributed by atoms with Crippen molar-refractivity contribution in [1.82, 2.24) is 14.9 Å². The van der Waals surface area contributed by atoms with E-state index in [0.717, 1.165) is 6.07 Å². The second-order valence-electron chi connectivity index (χ2n) is 7.07. The summed E-state index contributed by atoms with van der Waals surface area (Å²) in [6, 6.07) is 5.09. The van der Waals surface area contributed by atoms with Gasteiger partial charge in [-0.2, -0.15) is 4.98 Å². The van der Waals surface area contributed by atoms with Crippen molar-refractivity contribution in [2.75, 3.05) is 31.1 Å². The van der Waals surface area contributed by atoms with Crippen molar-refractivity contribution in [3.8, 4) is 0 Å². The summed E-state index contributed by atoms with van der Waals surface area (Å²) in [7, 11) is 0. The largest absolute Gasteiger partial charge is 0.366 e. The molecule has 0 radical (unpaired) electrons. The zero-order chi connectivity index (χ0) is 19.6. The van der Waals surface area contributed by atoms with Crippen LogP contribution >= 0.6 is 0 Å². The number of aromatic amines is 1. The number of anilines is 1. The number of piperazine rings is 1. The highest BCUT2D eigenvalue weighted by Gasteiger charge is 2.25. The molecule has 144 valence electrons. The predicted octanol–water partition coefficient (Wildman–Crippen LogP) is 2.21. The number of carbonyl (C=O) groups excluding carboxylic acids is 1. The molecule has 27 heavy (non-hydrogen) atoms. The summed E-state index contributed by atoms with van der Waals surface area (Å²) < 4.78 is 27.0. The molecule has 0 saturated carbocycles. The molecule has 1 aromatic carbocycles. The summed E-state index contributed by atoms with van der Waals surface area (Å²) >= 11 is 0. The highest BCUT2D eigenvalue weighted by molar-refractivity contribution is 5.92. The van der Waals surface area contributed by atoms with Gasteiger partial charge in [-0.1, -0.05) is 13.8 Å². The standard InChI is InChI=1S/C19H22F2N4O2/c1-12(2)9-14-11-16(23-19(27)22-14)18(26)25-7-5-24(6-8-25)17-4-3-13(20)10-15(17)21/h3-4,10-12H,5-9H2,1-2H3,(H,22,23,27). The lowest BCUT2D eigenvalue weighted by Crippen LogP contribution is -2.49. The quantitative estimate of drug-likeness (QED) is 0.888. The molecule has 0 atom stereocenters. The molecule has 8 heteroatoms. The van der Waals surface area contributed by atoms with Crippen LogP contribution in [0.15, 0.2) is 29.1 Å². The second-order valence-corrected chi connectivity index (χ2v) is 7.07. The summed E-state index contributed by atoms with van der Waals surface area (Å²) in [5.74, 6) is -1.22. The Balaban J connectivity index is 1.70. The molecule has 2 heterocycles. The molecule has 0 bridgehead atoms. The van der Waals surface area contributed by atoms with Gasteiger partial charge in [-0.05, 0) is 30.5 Å². The Morgan fingerprint density at radius 1 is 1.19 bits per heavy atom. The van der Waals surface area contributed by atoms with E-state index in [0.29, 0.717) is 49.9 Å². The lowest BCUT2D eigenvalue weighted by atomic mass is 10.1. The molecular weight excluding hydrogens is 354 g/mol. The molecule has 1 amide bonds. The molecule has 1 aliphatic rings. The number of amides is 1. The predicted molar refractivity (Wildman–Crippen MR) is 97.9 cm³/mol. The van der Waals surface area contributed by atoms with Gasteiger partial charge in [0.15, 0.2) is 0 Å². The monoisotopic (exact) mass is 376 g/mol. The van der Waals surface area contributed by atoms with Gasteiger partial charge < -0.3 is 14.8 Å². The van der Waals surface area contributed by atoms with Crippen LogP contribution in [-0.2, 0) is 6.42 Å². The Morgan fingerprint density at radius 3 is 2.52 bits per heavy atom. The van der Waals surface area contributed by atoms with Crippen molar-refractivity contribution in [1.29, 1.82) is 0 Å². The van der Waals surface area contributed by atoms with Crippen LogP contribution in [0.2, 0.25) is 0 Å². The highest BCUT2D eigenvalue weighted by Crippen LogP contribution is 2.22. The van der Waals surface area contributed by atoms with Gasteiger partial charge in [-0.15, -0.1) is 0 Å². The number of nitrogens with one attached hydrogen (secondary N) is 1. The number of carbonyl (C=O) groups is 1. The second kappa shape index (κ2) is 7.85. The van der Waals surface area contributed by atoms with Gasteiger partial charge in [-0.3, -0.25) is 4.79 Å². The Hall–Kier alpha value is -2.77. The third-order valence-electron chi connectivity index (χ3n) is 4.47. The molecule has 1 aromatic heterocycles. The van der Waals surface area contributed by atoms with Crippen LogP contribution in [0.4, 0.5) is 14.5 Å². The first-order valence-electron chi connectivity index (χ1n) is 8.93. The molecule has 0 unspecified atom stereocenters. The fourth-order valence-electron chi connectivity index (χ4n) is 3.22. The van der Waals surface area contributed by atoms with Crippen LogP contribution in [0.5, 0.6) is 0 Å². The number of halogens is 2. The van der Waals surface area contributed by atoms with E-state index in [1.54, 1.807) is 15.9 Å². The maximum absolute atomic E-state index is 13.9. The topological polar surface area (TPSA) is 69.3 Å². The van der Waals surface area contributed by atoms with E-state index in [1.165, 1.54) is 12.1 Å².